The first-order valence-electron chi connectivity index (χ1n) is 7.68. The summed E-state index contributed by atoms with van der Waals surface area (Å²) in [4.78, 5) is 21.1. The van der Waals surface area contributed by atoms with Crippen LogP contribution in [0.4, 0.5) is 0 Å². The molecule has 1 aliphatic rings. The predicted octanol–water partition coefficient (Wildman–Crippen LogP) is 1.77. The fraction of sp³-hybridized carbons (Fsp3) is 0.467. The summed E-state index contributed by atoms with van der Waals surface area (Å²) in [5, 5.41) is 7.22. The van der Waals surface area contributed by atoms with E-state index in [-0.39, 0.29) is 18.0 Å². The summed E-state index contributed by atoms with van der Waals surface area (Å²) in [6.07, 6.45) is 3.83. The summed E-state index contributed by atoms with van der Waals surface area (Å²) in [6, 6.07) is 1.78. The lowest BCUT2D eigenvalue weighted by molar-refractivity contribution is 0.373. The van der Waals surface area contributed by atoms with Crippen LogP contribution in [0, 0.1) is 6.92 Å². The second-order valence-electron chi connectivity index (χ2n) is 6.30. The zero-order chi connectivity index (χ0) is 16.2. The number of hydrogen-bond acceptors (Lipinski definition) is 6. The van der Waals surface area contributed by atoms with Crippen molar-refractivity contribution >= 4 is 23.4 Å². The van der Waals surface area contributed by atoms with E-state index in [1.165, 1.54) is 0 Å². The smallest absolute Gasteiger partial charge is 0.274 e. The van der Waals surface area contributed by atoms with Crippen LogP contribution in [-0.4, -0.2) is 24.9 Å². The van der Waals surface area contributed by atoms with Crippen molar-refractivity contribution in [1.82, 2.24) is 24.9 Å². The summed E-state index contributed by atoms with van der Waals surface area (Å²) in [7, 11) is 1.74. The standard InChI is InChI=1S/C15H18N6O2.ClH/c1-8-7-9(10-11(17-8)21(2)19-12(10)22)13-18-14(20-23-13)15(16)5-3-4-6-15;/h7H,3-6,16H2,1-2H3,(H,19,22);1H. The number of rotatable bonds is 2. The van der Waals surface area contributed by atoms with Gasteiger partial charge in [-0.3, -0.25) is 14.6 Å². The normalized spacial score (nSPS) is 16.5. The lowest BCUT2D eigenvalue weighted by Gasteiger charge is -2.17. The Balaban J connectivity index is 0.00000169. The molecule has 0 aliphatic heterocycles. The van der Waals surface area contributed by atoms with Crippen LogP contribution < -0.4 is 11.3 Å². The zero-order valence-electron chi connectivity index (χ0n) is 13.5. The topological polar surface area (TPSA) is 116 Å². The van der Waals surface area contributed by atoms with Crippen molar-refractivity contribution in [2.45, 2.75) is 38.1 Å². The lowest BCUT2D eigenvalue weighted by Crippen LogP contribution is -2.34. The molecule has 1 saturated carbocycles. The first kappa shape index (κ1) is 16.7. The molecule has 9 heteroatoms. The fourth-order valence-electron chi connectivity index (χ4n) is 3.32. The second-order valence-corrected chi connectivity index (χ2v) is 6.30. The first-order chi connectivity index (χ1) is 11.0. The largest absolute Gasteiger partial charge is 0.334 e. The van der Waals surface area contributed by atoms with Crippen LogP contribution in [0.3, 0.4) is 0 Å². The van der Waals surface area contributed by atoms with Gasteiger partial charge in [0.1, 0.15) is 0 Å². The van der Waals surface area contributed by atoms with Crippen molar-refractivity contribution in [2.24, 2.45) is 12.8 Å². The van der Waals surface area contributed by atoms with Gasteiger partial charge in [-0.15, -0.1) is 12.4 Å². The average Bonchev–Trinajstić information content (AvgIpc) is 3.20. The fourth-order valence-corrected chi connectivity index (χ4v) is 3.32. The van der Waals surface area contributed by atoms with Gasteiger partial charge in [0.2, 0.25) is 0 Å². The number of nitrogens with two attached hydrogens (primary N) is 1. The molecule has 0 aromatic carbocycles. The van der Waals surface area contributed by atoms with E-state index in [9.17, 15) is 4.79 Å². The molecule has 0 radical (unpaired) electrons. The molecule has 0 atom stereocenters. The minimum Gasteiger partial charge on any atom is -0.334 e. The van der Waals surface area contributed by atoms with Crippen molar-refractivity contribution in [3.63, 3.8) is 0 Å². The Morgan fingerprint density at radius 3 is 2.75 bits per heavy atom. The molecule has 1 aliphatic carbocycles. The van der Waals surface area contributed by atoms with Gasteiger partial charge in [0.25, 0.3) is 11.4 Å². The number of nitrogens with zero attached hydrogens (tertiary/aromatic N) is 4. The second kappa shape index (κ2) is 5.71. The molecule has 0 spiro atoms. The Morgan fingerprint density at radius 2 is 2.04 bits per heavy atom. The third kappa shape index (κ3) is 2.42. The van der Waals surface area contributed by atoms with Crippen LogP contribution in [0.15, 0.2) is 15.4 Å². The van der Waals surface area contributed by atoms with E-state index in [0.717, 1.165) is 31.4 Å². The van der Waals surface area contributed by atoms with Crippen molar-refractivity contribution in [3.8, 4) is 11.5 Å². The van der Waals surface area contributed by atoms with E-state index in [2.05, 4.69) is 20.2 Å². The van der Waals surface area contributed by atoms with Gasteiger partial charge in [0.15, 0.2) is 11.5 Å². The first-order valence-corrected chi connectivity index (χ1v) is 7.68. The maximum Gasteiger partial charge on any atom is 0.274 e. The van der Waals surface area contributed by atoms with Crippen molar-refractivity contribution in [3.05, 3.63) is 27.9 Å². The molecular weight excluding hydrogens is 332 g/mol. The molecule has 0 saturated heterocycles. The predicted molar refractivity (Wildman–Crippen MR) is 90.9 cm³/mol. The molecule has 128 valence electrons. The minimum absolute atomic E-state index is 0. The molecule has 8 nitrogen and oxygen atoms in total. The Labute approximate surface area is 143 Å². The summed E-state index contributed by atoms with van der Waals surface area (Å²) in [5.41, 5.74) is 7.55. The van der Waals surface area contributed by atoms with Crippen molar-refractivity contribution in [1.29, 1.82) is 0 Å². The highest BCUT2D eigenvalue weighted by molar-refractivity contribution is 5.90. The number of hydrogen-bond donors (Lipinski definition) is 2. The summed E-state index contributed by atoms with van der Waals surface area (Å²) < 4.78 is 7.01. The summed E-state index contributed by atoms with van der Waals surface area (Å²) in [5.74, 6) is 0.823. The van der Waals surface area contributed by atoms with E-state index >= 15 is 0 Å². The molecule has 1 fully saturated rings. The van der Waals surface area contributed by atoms with Crippen LogP contribution in [-0.2, 0) is 12.6 Å². The number of aromatic amines is 1. The van der Waals surface area contributed by atoms with Crippen LogP contribution in [0.2, 0.25) is 0 Å². The van der Waals surface area contributed by atoms with E-state index in [1.807, 2.05) is 6.92 Å². The quantitative estimate of drug-likeness (QED) is 0.727. The molecule has 3 aromatic heterocycles. The number of pyridine rings is 1. The monoisotopic (exact) mass is 350 g/mol. The molecule has 24 heavy (non-hydrogen) atoms. The Morgan fingerprint density at radius 1 is 1.33 bits per heavy atom. The van der Waals surface area contributed by atoms with Gasteiger partial charge in [-0.25, -0.2) is 4.98 Å². The zero-order valence-corrected chi connectivity index (χ0v) is 14.3. The molecule has 3 heterocycles. The lowest BCUT2D eigenvalue weighted by atomic mass is 9.98. The number of aromatic nitrogens is 5. The van der Waals surface area contributed by atoms with Gasteiger partial charge in [0, 0.05) is 12.7 Å². The number of nitrogens with one attached hydrogen (secondary N) is 1. The van der Waals surface area contributed by atoms with Crippen LogP contribution >= 0.6 is 12.4 Å². The highest BCUT2D eigenvalue weighted by Crippen LogP contribution is 2.36. The van der Waals surface area contributed by atoms with E-state index in [1.54, 1.807) is 17.8 Å². The van der Waals surface area contributed by atoms with Crippen molar-refractivity contribution < 1.29 is 4.52 Å². The Bertz CT molecular complexity index is 951. The molecular formula is C15H19ClN6O2. The Kier molecular flexibility index (Phi) is 3.97. The van der Waals surface area contributed by atoms with Crippen molar-refractivity contribution in [2.75, 3.05) is 0 Å². The number of aryl methyl sites for hydroxylation is 2. The highest BCUT2D eigenvalue weighted by Gasteiger charge is 2.36. The number of H-pyrrole nitrogens is 1. The molecule has 0 bridgehead atoms. The van der Waals surface area contributed by atoms with Gasteiger partial charge in [-0.1, -0.05) is 18.0 Å². The third-order valence-electron chi connectivity index (χ3n) is 4.54. The molecule has 3 aromatic rings. The third-order valence-corrected chi connectivity index (χ3v) is 4.54. The van der Waals surface area contributed by atoms with Gasteiger partial charge < -0.3 is 10.3 Å². The maximum absolute atomic E-state index is 12.2. The van der Waals surface area contributed by atoms with E-state index in [4.69, 9.17) is 10.3 Å². The molecule has 3 N–H and O–H groups in total. The number of halogens is 1. The van der Waals surface area contributed by atoms with E-state index in [0.29, 0.717) is 28.3 Å². The van der Waals surface area contributed by atoms with Crippen LogP contribution in [0.1, 0.15) is 37.2 Å². The molecule has 4 rings (SSSR count). The van der Waals surface area contributed by atoms with E-state index < -0.39 is 5.54 Å². The molecule has 0 amide bonds. The maximum atomic E-state index is 12.2. The molecule has 0 unspecified atom stereocenters. The Hall–Kier alpha value is -2.19. The van der Waals surface area contributed by atoms with Crippen LogP contribution in [0.25, 0.3) is 22.5 Å². The van der Waals surface area contributed by atoms with Gasteiger partial charge in [-0.2, -0.15) is 4.98 Å². The van der Waals surface area contributed by atoms with Gasteiger partial charge in [-0.05, 0) is 25.8 Å². The van der Waals surface area contributed by atoms with Crippen LogP contribution in [0.5, 0.6) is 0 Å². The highest BCUT2D eigenvalue weighted by atomic mass is 35.5. The van der Waals surface area contributed by atoms with Gasteiger partial charge >= 0.3 is 0 Å². The number of fused-ring (bicyclic) bond motifs is 1. The SMILES string of the molecule is Cc1cc(-c2nc(C3(N)CCCC3)no2)c2c(=O)[nH]n(C)c2n1.Cl. The summed E-state index contributed by atoms with van der Waals surface area (Å²) in [6.45, 7) is 1.86. The minimum atomic E-state index is -0.522. The summed E-state index contributed by atoms with van der Waals surface area (Å²) >= 11 is 0. The van der Waals surface area contributed by atoms with Gasteiger partial charge in [0.05, 0.1) is 16.5 Å². The average molecular weight is 351 g/mol.